The Bertz CT molecular complexity index is 471. The number of carbonyl (C=O) groups excluding carboxylic acids is 1. The van der Waals surface area contributed by atoms with Gasteiger partial charge in [0.15, 0.2) is 5.60 Å². The van der Waals surface area contributed by atoms with Crippen molar-refractivity contribution in [1.82, 2.24) is 4.90 Å². The number of piperidine rings is 1. The van der Waals surface area contributed by atoms with Crippen LogP contribution in [0.15, 0.2) is 0 Å². The zero-order chi connectivity index (χ0) is 18.3. The predicted molar refractivity (Wildman–Crippen MR) is 71.7 cm³/mol. The SMILES string of the molecule is NC(=O)C1CCN(C2CCC(O)(C(F)(F)F)CC2)[C@@H](C(F)(F)F)C1. The number of halogens is 6. The fourth-order valence-electron chi connectivity index (χ4n) is 3.70. The summed E-state index contributed by atoms with van der Waals surface area (Å²) in [4.78, 5) is 12.3. The zero-order valence-corrected chi connectivity index (χ0v) is 12.8. The molecule has 0 aromatic heterocycles. The minimum atomic E-state index is -4.79. The predicted octanol–water partition coefficient (Wildman–Crippen LogP) is 2.35. The van der Waals surface area contributed by atoms with E-state index in [1.807, 2.05) is 0 Å². The molecule has 0 aromatic rings. The molecule has 1 amide bonds. The van der Waals surface area contributed by atoms with Gasteiger partial charge in [-0.3, -0.25) is 9.69 Å². The minimum Gasteiger partial charge on any atom is -0.380 e. The second kappa shape index (κ2) is 6.36. The zero-order valence-electron chi connectivity index (χ0n) is 12.8. The van der Waals surface area contributed by atoms with E-state index in [-0.39, 0.29) is 25.8 Å². The van der Waals surface area contributed by atoms with Crippen LogP contribution in [-0.2, 0) is 4.79 Å². The number of nitrogens with zero attached hydrogens (tertiary/aromatic N) is 1. The average molecular weight is 362 g/mol. The summed E-state index contributed by atoms with van der Waals surface area (Å²) in [6.45, 7) is -0.0487. The molecule has 140 valence electrons. The molecule has 2 fully saturated rings. The summed E-state index contributed by atoms with van der Waals surface area (Å²) in [5.41, 5.74) is 2.27. The van der Waals surface area contributed by atoms with Crippen LogP contribution >= 0.6 is 0 Å². The maximum atomic E-state index is 13.3. The third-order valence-corrected chi connectivity index (χ3v) is 5.20. The molecule has 0 radical (unpaired) electrons. The first kappa shape index (κ1) is 19.3. The maximum absolute atomic E-state index is 13.3. The number of rotatable bonds is 2. The normalized spacial score (nSPS) is 36.5. The van der Waals surface area contributed by atoms with Crippen LogP contribution in [0.3, 0.4) is 0 Å². The number of primary amides is 1. The molecular formula is C14H20F6N2O2. The lowest BCUT2D eigenvalue weighted by Gasteiger charge is -2.47. The van der Waals surface area contributed by atoms with Crippen molar-refractivity contribution in [2.45, 2.75) is 68.6 Å². The van der Waals surface area contributed by atoms with E-state index in [9.17, 15) is 36.2 Å². The van der Waals surface area contributed by atoms with Gasteiger partial charge in [0.2, 0.25) is 5.91 Å². The van der Waals surface area contributed by atoms with Gasteiger partial charge >= 0.3 is 12.4 Å². The van der Waals surface area contributed by atoms with Crippen LogP contribution in [0.1, 0.15) is 38.5 Å². The first-order valence-electron chi connectivity index (χ1n) is 7.76. The first-order valence-corrected chi connectivity index (χ1v) is 7.76. The molecule has 0 aromatic carbocycles. The highest BCUT2D eigenvalue weighted by Gasteiger charge is 2.56. The van der Waals surface area contributed by atoms with E-state index in [0.717, 1.165) is 4.90 Å². The smallest absolute Gasteiger partial charge is 0.380 e. The molecule has 2 rings (SSSR count). The summed E-state index contributed by atoms with van der Waals surface area (Å²) in [6.07, 6.45) is -11.3. The van der Waals surface area contributed by atoms with Crippen LogP contribution in [0.4, 0.5) is 26.3 Å². The molecule has 1 aliphatic heterocycles. The van der Waals surface area contributed by atoms with Gasteiger partial charge in [-0.2, -0.15) is 26.3 Å². The summed E-state index contributed by atoms with van der Waals surface area (Å²) >= 11 is 0. The summed E-state index contributed by atoms with van der Waals surface area (Å²) in [6, 6.07) is -2.60. The molecule has 10 heteroatoms. The van der Waals surface area contributed by atoms with Crippen molar-refractivity contribution in [2.24, 2.45) is 11.7 Å². The highest BCUT2D eigenvalue weighted by molar-refractivity contribution is 5.76. The van der Waals surface area contributed by atoms with Crippen LogP contribution in [0, 0.1) is 5.92 Å². The lowest BCUT2D eigenvalue weighted by molar-refractivity contribution is -0.275. The molecule has 1 saturated carbocycles. The van der Waals surface area contributed by atoms with E-state index < -0.39 is 61.1 Å². The number of hydrogen-bond acceptors (Lipinski definition) is 3. The third-order valence-electron chi connectivity index (χ3n) is 5.20. The maximum Gasteiger partial charge on any atom is 0.417 e. The average Bonchev–Trinajstić information content (AvgIpc) is 2.45. The molecule has 2 atom stereocenters. The second-order valence-electron chi connectivity index (χ2n) is 6.68. The standard InChI is InChI=1S/C14H20F6N2O2/c15-13(16,17)10-7-8(11(21)23)3-6-22(10)9-1-4-12(24,5-2-9)14(18,19)20/h8-10,24H,1-7H2,(H2,21,23)/t8?,9?,10-,12?/m1/s1. The Morgan fingerprint density at radius 3 is 2.04 bits per heavy atom. The Labute approximate surface area is 135 Å². The number of amides is 1. The summed E-state index contributed by atoms with van der Waals surface area (Å²) in [5.74, 6) is -1.68. The van der Waals surface area contributed by atoms with Gasteiger partial charge in [-0.05, 0) is 45.1 Å². The summed E-state index contributed by atoms with van der Waals surface area (Å²) < 4.78 is 78.3. The Hall–Kier alpha value is -1.03. The van der Waals surface area contributed by atoms with Gasteiger partial charge in [0, 0.05) is 12.0 Å². The summed E-state index contributed by atoms with van der Waals surface area (Å²) in [7, 11) is 0. The molecule has 1 heterocycles. The van der Waals surface area contributed by atoms with E-state index in [4.69, 9.17) is 5.73 Å². The third kappa shape index (κ3) is 3.79. The van der Waals surface area contributed by atoms with Crippen molar-refractivity contribution in [3.05, 3.63) is 0 Å². The Kier molecular flexibility index (Phi) is 5.11. The first-order chi connectivity index (χ1) is 10.8. The van der Waals surface area contributed by atoms with Gasteiger partial charge in [-0.1, -0.05) is 0 Å². The van der Waals surface area contributed by atoms with E-state index in [2.05, 4.69) is 0 Å². The van der Waals surface area contributed by atoms with Crippen molar-refractivity contribution < 1.29 is 36.2 Å². The van der Waals surface area contributed by atoms with Crippen LogP contribution in [0.25, 0.3) is 0 Å². The second-order valence-corrected chi connectivity index (χ2v) is 6.68. The van der Waals surface area contributed by atoms with Gasteiger partial charge in [-0.25, -0.2) is 0 Å². The molecule has 0 bridgehead atoms. The van der Waals surface area contributed by atoms with Crippen molar-refractivity contribution in [3.8, 4) is 0 Å². The minimum absolute atomic E-state index is 0.0487. The molecular weight excluding hydrogens is 342 g/mol. The largest absolute Gasteiger partial charge is 0.417 e. The fourth-order valence-corrected chi connectivity index (χ4v) is 3.70. The Morgan fingerprint density at radius 1 is 1.08 bits per heavy atom. The number of alkyl halides is 6. The molecule has 1 saturated heterocycles. The van der Waals surface area contributed by atoms with Crippen LogP contribution in [0.5, 0.6) is 0 Å². The van der Waals surface area contributed by atoms with Gasteiger partial charge in [0.05, 0.1) is 0 Å². The van der Waals surface area contributed by atoms with Crippen molar-refractivity contribution in [1.29, 1.82) is 0 Å². The van der Waals surface area contributed by atoms with E-state index in [1.54, 1.807) is 0 Å². The van der Waals surface area contributed by atoms with Crippen LogP contribution in [-0.4, -0.2) is 52.5 Å². The Balaban J connectivity index is 2.09. The van der Waals surface area contributed by atoms with Crippen molar-refractivity contribution >= 4 is 5.91 Å². The van der Waals surface area contributed by atoms with Gasteiger partial charge in [0.25, 0.3) is 0 Å². The molecule has 4 nitrogen and oxygen atoms in total. The van der Waals surface area contributed by atoms with E-state index >= 15 is 0 Å². The molecule has 24 heavy (non-hydrogen) atoms. The molecule has 1 unspecified atom stereocenters. The van der Waals surface area contributed by atoms with Crippen molar-refractivity contribution in [3.63, 3.8) is 0 Å². The van der Waals surface area contributed by atoms with Gasteiger partial charge in [0.1, 0.15) is 6.04 Å². The van der Waals surface area contributed by atoms with E-state index in [0.29, 0.717) is 0 Å². The Morgan fingerprint density at radius 2 is 1.62 bits per heavy atom. The van der Waals surface area contributed by atoms with Crippen LogP contribution in [0.2, 0.25) is 0 Å². The quantitative estimate of drug-likeness (QED) is 0.741. The topological polar surface area (TPSA) is 66.6 Å². The lowest BCUT2D eigenvalue weighted by atomic mass is 9.79. The molecule has 1 aliphatic carbocycles. The lowest BCUT2D eigenvalue weighted by Crippen LogP contribution is -2.58. The number of hydrogen-bond donors (Lipinski definition) is 2. The summed E-state index contributed by atoms with van der Waals surface area (Å²) in [5, 5.41) is 9.64. The van der Waals surface area contributed by atoms with Crippen molar-refractivity contribution in [2.75, 3.05) is 6.54 Å². The number of carbonyl (C=O) groups is 1. The highest BCUT2D eigenvalue weighted by Crippen LogP contribution is 2.44. The van der Waals surface area contributed by atoms with Gasteiger partial charge in [-0.15, -0.1) is 0 Å². The van der Waals surface area contributed by atoms with Crippen LogP contribution < -0.4 is 5.73 Å². The highest BCUT2D eigenvalue weighted by atomic mass is 19.4. The van der Waals surface area contributed by atoms with E-state index in [1.165, 1.54) is 0 Å². The molecule has 2 aliphatic rings. The fraction of sp³-hybridized carbons (Fsp3) is 0.929. The molecule has 3 N–H and O–H groups in total. The number of nitrogens with two attached hydrogens (primary N) is 1. The molecule has 0 spiro atoms. The number of likely N-dealkylation sites (tertiary alicyclic amines) is 1. The monoisotopic (exact) mass is 362 g/mol. The number of aliphatic hydroxyl groups is 1. The van der Waals surface area contributed by atoms with Gasteiger partial charge < -0.3 is 10.8 Å².